The predicted octanol–water partition coefficient (Wildman–Crippen LogP) is 1.66. The number of pyridine rings is 1. The molecule has 1 atom stereocenters. The summed E-state index contributed by atoms with van der Waals surface area (Å²) in [6.45, 7) is 4.41. The molecule has 1 aliphatic carbocycles. The lowest BCUT2D eigenvalue weighted by Gasteiger charge is -2.23. The van der Waals surface area contributed by atoms with Gasteiger partial charge in [-0.1, -0.05) is 13.8 Å². The van der Waals surface area contributed by atoms with Crippen molar-refractivity contribution in [1.82, 2.24) is 4.98 Å². The molecule has 2 heteroatoms. The third-order valence-electron chi connectivity index (χ3n) is 2.77. The van der Waals surface area contributed by atoms with E-state index in [1.54, 1.807) is 0 Å². The summed E-state index contributed by atoms with van der Waals surface area (Å²) in [6, 6.07) is 2.23. The molecule has 0 saturated carbocycles. The molecule has 0 spiro atoms. The van der Waals surface area contributed by atoms with Crippen LogP contribution in [0.25, 0.3) is 0 Å². The average molecular weight is 162 g/mol. The lowest BCUT2D eigenvalue weighted by Crippen LogP contribution is -2.24. The van der Waals surface area contributed by atoms with Crippen LogP contribution in [0.1, 0.15) is 31.0 Å². The zero-order valence-electron chi connectivity index (χ0n) is 7.54. The van der Waals surface area contributed by atoms with Crippen molar-refractivity contribution < 1.29 is 0 Å². The van der Waals surface area contributed by atoms with E-state index < -0.39 is 0 Å². The predicted molar refractivity (Wildman–Crippen MR) is 48.7 cm³/mol. The molecule has 2 rings (SSSR count). The Bertz CT molecular complexity index is 304. The molecule has 0 aliphatic heterocycles. The van der Waals surface area contributed by atoms with Gasteiger partial charge in [-0.05, 0) is 29.0 Å². The first-order chi connectivity index (χ1) is 5.61. The van der Waals surface area contributed by atoms with Crippen LogP contribution in [0.3, 0.4) is 0 Å². The van der Waals surface area contributed by atoms with Crippen LogP contribution in [-0.4, -0.2) is 4.98 Å². The Morgan fingerprint density at radius 2 is 2.33 bits per heavy atom. The summed E-state index contributed by atoms with van der Waals surface area (Å²) in [6.07, 6.45) is 4.81. The molecule has 0 bridgehead atoms. The van der Waals surface area contributed by atoms with E-state index in [0.29, 0.717) is 0 Å². The Hall–Kier alpha value is -0.890. The van der Waals surface area contributed by atoms with Crippen molar-refractivity contribution >= 4 is 0 Å². The maximum atomic E-state index is 6.08. The summed E-state index contributed by atoms with van der Waals surface area (Å²) >= 11 is 0. The van der Waals surface area contributed by atoms with E-state index in [2.05, 4.69) is 24.9 Å². The molecule has 1 aromatic heterocycles. The minimum atomic E-state index is 0.154. The van der Waals surface area contributed by atoms with E-state index in [1.807, 2.05) is 12.4 Å². The van der Waals surface area contributed by atoms with Crippen LogP contribution in [0.4, 0.5) is 0 Å². The standard InChI is InChI=1S/C10H14N2/c1-10(2)5-7-3-4-12-6-8(7)9(10)11/h3-4,6,9H,5,11H2,1-2H3. The second-order valence-corrected chi connectivity index (χ2v) is 4.22. The smallest absolute Gasteiger partial charge is 0.0368 e. The number of rotatable bonds is 0. The molecular formula is C10H14N2. The van der Waals surface area contributed by atoms with Gasteiger partial charge in [-0.15, -0.1) is 0 Å². The largest absolute Gasteiger partial charge is 0.323 e. The lowest BCUT2D eigenvalue weighted by atomic mass is 9.86. The summed E-state index contributed by atoms with van der Waals surface area (Å²) in [5.74, 6) is 0. The maximum Gasteiger partial charge on any atom is 0.0368 e. The minimum absolute atomic E-state index is 0.154. The van der Waals surface area contributed by atoms with Crippen molar-refractivity contribution in [2.75, 3.05) is 0 Å². The second kappa shape index (κ2) is 2.30. The molecule has 64 valence electrons. The molecule has 2 nitrogen and oxygen atoms in total. The van der Waals surface area contributed by atoms with E-state index in [0.717, 1.165) is 6.42 Å². The van der Waals surface area contributed by atoms with Gasteiger partial charge in [-0.25, -0.2) is 0 Å². The highest BCUT2D eigenvalue weighted by atomic mass is 14.7. The van der Waals surface area contributed by atoms with Crippen LogP contribution < -0.4 is 5.73 Å². The van der Waals surface area contributed by atoms with Gasteiger partial charge in [0.25, 0.3) is 0 Å². The average Bonchev–Trinajstić information content (AvgIpc) is 2.24. The van der Waals surface area contributed by atoms with E-state index in [1.165, 1.54) is 11.1 Å². The normalized spacial score (nSPS) is 25.4. The van der Waals surface area contributed by atoms with Crippen LogP contribution in [0.15, 0.2) is 18.5 Å². The van der Waals surface area contributed by atoms with Gasteiger partial charge < -0.3 is 5.73 Å². The Labute approximate surface area is 72.8 Å². The summed E-state index contributed by atoms with van der Waals surface area (Å²) < 4.78 is 0. The number of aromatic nitrogens is 1. The van der Waals surface area contributed by atoms with Gasteiger partial charge in [0.05, 0.1) is 0 Å². The highest BCUT2D eigenvalue weighted by Crippen LogP contribution is 2.42. The molecule has 0 saturated heterocycles. The summed E-state index contributed by atoms with van der Waals surface area (Å²) in [7, 11) is 0. The van der Waals surface area contributed by atoms with Crippen molar-refractivity contribution in [3.63, 3.8) is 0 Å². The highest BCUT2D eigenvalue weighted by molar-refractivity contribution is 5.34. The van der Waals surface area contributed by atoms with Crippen LogP contribution in [0.2, 0.25) is 0 Å². The third-order valence-corrected chi connectivity index (χ3v) is 2.77. The Kier molecular flexibility index (Phi) is 1.48. The van der Waals surface area contributed by atoms with Gasteiger partial charge >= 0.3 is 0 Å². The first-order valence-electron chi connectivity index (χ1n) is 4.29. The fraction of sp³-hybridized carbons (Fsp3) is 0.500. The summed E-state index contributed by atoms with van der Waals surface area (Å²) in [5.41, 5.74) is 8.87. The van der Waals surface area contributed by atoms with Crippen LogP contribution in [-0.2, 0) is 6.42 Å². The third kappa shape index (κ3) is 0.950. The van der Waals surface area contributed by atoms with Crippen LogP contribution in [0.5, 0.6) is 0 Å². The molecular weight excluding hydrogens is 148 g/mol. The zero-order valence-corrected chi connectivity index (χ0v) is 7.54. The lowest BCUT2D eigenvalue weighted by molar-refractivity contribution is 0.319. The fourth-order valence-electron chi connectivity index (χ4n) is 1.90. The van der Waals surface area contributed by atoms with Gasteiger partial charge in [0, 0.05) is 18.4 Å². The molecule has 0 amide bonds. The highest BCUT2D eigenvalue weighted by Gasteiger charge is 2.36. The maximum absolute atomic E-state index is 6.08. The van der Waals surface area contributed by atoms with Crippen molar-refractivity contribution in [2.24, 2.45) is 11.1 Å². The van der Waals surface area contributed by atoms with E-state index in [4.69, 9.17) is 5.73 Å². The van der Waals surface area contributed by atoms with Gasteiger partial charge in [0.2, 0.25) is 0 Å². The first-order valence-corrected chi connectivity index (χ1v) is 4.29. The van der Waals surface area contributed by atoms with Crippen molar-refractivity contribution in [2.45, 2.75) is 26.3 Å². The molecule has 1 aromatic rings. The van der Waals surface area contributed by atoms with E-state index in [9.17, 15) is 0 Å². The zero-order chi connectivity index (χ0) is 8.77. The monoisotopic (exact) mass is 162 g/mol. The molecule has 0 fully saturated rings. The molecule has 0 aromatic carbocycles. The number of hydrogen-bond acceptors (Lipinski definition) is 2. The van der Waals surface area contributed by atoms with Gasteiger partial charge in [-0.2, -0.15) is 0 Å². The minimum Gasteiger partial charge on any atom is -0.323 e. The van der Waals surface area contributed by atoms with Crippen LogP contribution >= 0.6 is 0 Å². The number of hydrogen-bond donors (Lipinski definition) is 1. The van der Waals surface area contributed by atoms with Gasteiger partial charge in [0.1, 0.15) is 0 Å². The first kappa shape index (κ1) is 7.74. The topological polar surface area (TPSA) is 38.9 Å². The second-order valence-electron chi connectivity index (χ2n) is 4.22. The molecule has 2 N–H and O–H groups in total. The molecule has 12 heavy (non-hydrogen) atoms. The molecule has 0 radical (unpaired) electrons. The number of nitrogens with two attached hydrogens (primary N) is 1. The molecule has 1 unspecified atom stereocenters. The fourth-order valence-corrected chi connectivity index (χ4v) is 1.90. The summed E-state index contributed by atoms with van der Waals surface area (Å²) in [5, 5.41) is 0. The van der Waals surface area contributed by atoms with Crippen LogP contribution in [0, 0.1) is 5.41 Å². The SMILES string of the molecule is CC1(C)Cc2ccncc2C1N. The van der Waals surface area contributed by atoms with Crippen molar-refractivity contribution in [3.8, 4) is 0 Å². The van der Waals surface area contributed by atoms with Crippen molar-refractivity contribution in [3.05, 3.63) is 29.6 Å². The quantitative estimate of drug-likeness (QED) is 0.630. The molecule has 1 heterocycles. The summed E-state index contributed by atoms with van der Waals surface area (Å²) in [4.78, 5) is 4.09. The Morgan fingerprint density at radius 1 is 1.58 bits per heavy atom. The number of nitrogens with zero attached hydrogens (tertiary/aromatic N) is 1. The number of fused-ring (bicyclic) bond motifs is 1. The van der Waals surface area contributed by atoms with Crippen molar-refractivity contribution in [1.29, 1.82) is 0 Å². The Morgan fingerprint density at radius 3 is 3.00 bits per heavy atom. The van der Waals surface area contributed by atoms with E-state index >= 15 is 0 Å². The molecule has 1 aliphatic rings. The Balaban J connectivity index is 2.49. The van der Waals surface area contributed by atoms with E-state index in [-0.39, 0.29) is 11.5 Å². The van der Waals surface area contributed by atoms with Gasteiger partial charge in [-0.3, -0.25) is 4.98 Å². The van der Waals surface area contributed by atoms with Gasteiger partial charge in [0.15, 0.2) is 0 Å².